The molecule has 186 valence electrons. The Morgan fingerprint density at radius 1 is 1.03 bits per heavy atom. The van der Waals surface area contributed by atoms with Gasteiger partial charge in [0, 0.05) is 44.5 Å². The van der Waals surface area contributed by atoms with Crippen molar-refractivity contribution in [3.05, 3.63) is 83.9 Å². The average molecular weight is 706 g/mol. The van der Waals surface area contributed by atoms with Gasteiger partial charge in [-0.25, -0.2) is 0 Å². The van der Waals surface area contributed by atoms with E-state index < -0.39 is 0 Å². The van der Waals surface area contributed by atoms with E-state index in [-0.39, 0.29) is 18.1 Å². The zero-order chi connectivity index (χ0) is 24.9. The lowest BCUT2D eigenvalue weighted by atomic mass is 9.89. The van der Waals surface area contributed by atoms with Crippen LogP contribution in [0.3, 0.4) is 0 Å². The van der Waals surface area contributed by atoms with Crippen LogP contribution in [-0.4, -0.2) is 50.2 Å². The van der Waals surface area contributed by atoms with Gasteiger partial charge in [0.2, 0.25) is 0 Å². The molecule has 1 aliphatic heterocycles. The van der Waals surface area contributed by atoms with Crippen molar-refractivity contribution in [1.82, 2.24) is 20.8 Å². The van der Waals surface area contributed by atoms with Gasteiger partial charge in [-0.15, -0.1) is 0 Å². The Balaban J connectivity index is 1.31. The van der Waals surface area contributed by atoms with Crippen LogP contribution in [0, 0.1) is 0 Å². The number of amides is 1. The van der Waals surface area contributed by atoms with Crippen LogP contribution in [0.2, 0.25) is 0 Å². The summed E-state index contributed by atoms with van der Waals surface area (Å²) in [6, 6.07) is 24.3. The highest BCUT2D eigenvalue weighted by Gasteiger charge is 2.24. The number of carbonyl (C=O) groups is 1. The maximum absolute atomic E-state index is 13.2. The lowest BCUT2D eigenvalue weighted by Crippen LogP contribution is -2.48. The van der Waals surface area contributed by atoms with Crippen LogP contribution in [0.1, 0.15) is 28.3 Å². The summed E-state index contributed by atoms with van der Waals surface area (Å²) in [5.74, 6) is 1.19. The van der Waals surface area contributed by atoms with Gasteiger partial charge < -0.3 is 15.4 Å². The number of aromatic nitrogens is 2. The quantitative estimate of drug-likeness (QED) is 0.162. The molecule has 1 aliphatic rings. The number of aromatic amines is 1. The largest absolute Gasteiger partial charge is 0.489 e. The smallest absolute Gasteiger partial charge is 0.251 e. The Kier molecular flexibility index (Phi) is 8.43. The first-order valence-electron chi connectivity index (χ1n) is 12.1. The Labute approximate surface area is 238 Å². The highest BCUT2D eigenvalue weighted by molar-refractivity contribution is 14.1. The third-order valence-electron chi connectivity index (χ3n) is 6.56. The van der Waals surface area contributed by atoms with Crippen LogP contribution >= 0.6 is 45.2 Å². The number of ether oxygens (including phenoxy) is 1. The minimum absolute atomic E-state index is 0.0584. The number of halogens is 2. The molecule has 1 amide bonds. The van der Waals surface area contributed by atoms with Gasteiger partial charge in [-0.2, -0.15) is 5.10 Å². The normalized spacial score (nSPS) is 17.9. The van der Waals surface area contributed by atoms with E-state index in [1.807, 2.05) is 48.5 Å². The van der Waals surface area contributed by atoms with Gasteiger partial charge in [0.25, 0.3) is 5.91 Å². The molecular formula is C28H28I2N4O2. The van der Waals surface area contributed by atoms with Crippen molar-refractivity contribution in [1.29, 1.82) is 0 Å². The number of carbonyl (C=O) groups excluding carboxylic acids is 1. The summed E-state index contributed by atoms with van der Waals surface area (Å²) in [6.07, 6.45) is 1.12. The van der Waals surface area contributed by atoms with Crippen LogP contribution in [0.5, 0.6) is 5.75 Å². The van der Waals surface area contributed by atoms with Gasteiger partial charge in [-0.3, -0.25) is 9.89 Å². The standard InChI is InChI=1S/C28H28I2N4O2/c29-14-24(15-30)36-23-9-6-19(7-10-23)27-25-13-20(8-11-26(25)33-34-27)28(35)32-22-12-21(16-31-17-22)18-4-2-1-3-5-18/h1-11,13,21-22,24,31H,12,14-17H2,(H,32,35)(H,33,34)/t21-,22+/m1/s1. The zero-order valence-corrected chi connectivity index (χ0v) is 24.0. The monoisotopic (exact) mass is 706 g/mol. The molecule has 0 aliphatic carbocycles. The third kappa shape index (κ3) is 5.86. The average Bonchev–Trinajstić information content (AvgIpc) is 3.36. The molecule has 0 unspecified atom stereocenters. The van der Waals surface area contributed by atoms with E-state index in [2.05, 4.69) is 90.3 Å². The first-order chi connectivity index (χ1) is 17.6. The van der Waals surface area contributed by atoms with Crippen molar-refractivity contribution in [2.45, 2.75) is 24.5 Å². The summed E-state index contributed by atoms with van der Waals surface area (Å²) in [5.41, 5.74) is 4.66. The summed E-state index contributed by atoms with van der Waals surface area (Å²) in [4.78, 5) is 13.2. The number of nitrogens with one attached hydrogen (secondary N) is 3. The van der Waals surface area contributed by atoms with Gasteiger partial charge in [0.05, 0.1) is 11.2 Å². The molecule has 6 nitrogen and oxygen atoms in total. The SMILES string of the molecule is O=C(N[C@@H]1CNC[C@H](c2ccccc2)C1)c1ccc2[nH]nc(-c3ccc(OC(CI)CI)cc3)c2c1. The van der Waals surface area contributed by atoms with Gasteiger partial charge in [-0.05, 0) is 60.4 Å². The molecule has 5 rings (SSSR count). The molecular weight excluding hydrogens is 678 g/mol. The first kappa shape index (κ1) is 25.5. The summed E-state index contributed by atoms with van der Waals surface area (Å²) in [5, 5.41) is 15.3. The summed E-state index contributed by atoms with van der Waals surface area (Å²) in [6.45, 7) is 1.71. The van der Waals surface area contributed by atoms with E-state index in [1.54, 1.807) is 0 Å². The van der Waals surface area contributed by atoms with Crippen molar-refractivity contribution >= 4 is 62.0 Å². The zero-order valence-electron chi connectivity index (χ0n) is 19.7. The molecule has 0 bridgehead atoms. The minimum atomic E-state index is -0.0584. The molecule has 2 atom stereocenters. The molecule has 1 aromatic heterocycles. The van der Waals surface area contributed by atoms with Crippen LogP contribution in [0.25, 0.3) is 22.2 Å². The van der Waals surface area contributed by atoms with E-state index in [4.69, 9.17) is 4.74 Å². The van der Waals surface area contributed by atoms with Gasteiger partial charge >= 0.3 is 0 Å². The Morgan fingerprint density at radius 2 is 1.81 bits per heavy atom. The maximum Gasteiger partial charge on any atom is 0.251 e. The molecule has 4 aromatic rings. The predicted molar refractivity (Wildman–Crippen MR) is 162 cm³/mol. The van der Waals surface area contributed by atoms with Crippen LogP contribution in [-0.2, 0) is 0 Å². The van der Waals surface area contributed by atoms with Crippen LogP contribution in [0.4, 0.5) is 0 Å². The van der Waals surface area contributed by atoms with Gasteiger partial charge in [-0.1, -0.05) is 75.5 Å². The van der Waals surface area contributed by atoms with E-state index >= 15 is 0 Å². The Bertz CT molecular complexity index is 1310. The summed E-state index contributed by atoms with van der Waals surface area (Å²) >= 11 is 4.70. The van der Waals surface area contributed by atoms with E-state index in [1.165, 1.54) is 5.56 Å². The lowest BCUT2D eigenvalue weighted by Gasteiger charge is -2.31. The molecule has 8 heteroatoms. The van der Waals surface area contributed by atoms with E-state index in [0.29, 0.717) is 11.5 Å². The number of benzene rings is 3. The van der Waals surface area contributed by atoms with Crippen molar-refractivity contribution in [3.8, 4) is 17.0 Å². The lowest BCUT2D eigenvalue weighted by molar-refractivity contribution is 0.0928. The third-order valence-corrected chi connectivity index (χ3v) is 8.52. The molecule has 0 spiro atoms. The number of hydrogen-bond acceptors (Lipinski definition) is 4. The van der Waals surface area contributed by atoms with Gasteiger partial charge in [0.1, 0.15) is 11.9 Å². The number of piperidine rings is 1. The second-order valence-corrected chi connectivity index (χ2v) is 10.8. The van der Waals surface area contributed by atoms with Crippen LogP contribution in [0.15, 0.2) is 72.8 Å². The fraction of sp³-hybridized carbons (Fsp3) is 0.286. The number of rotatable bonds is 8. The van der Waals surface area contributed by atoms with E-state index in [9.17, 15) is 4.79 Å². The number of H-pyrrole nitrogens is 1. The molecule has 1 fully saturated rings. The van der Waals surface area contributed by atoms with E-state index in [0.717, 1.165) is 56.3 Å². The molecule has 2 heterocycles. The van der Waals surface area contributed by atoms with Crippen molar-refractivity contribution < 1.29 is 9.53 Å². The van der Waals surface area contributed by atoms with Crippen molar-refractivity contribution in [2.24, 2.45) is 0 Å². The molecule has 0 radical (unpaired) electrons. The molecule has 3 aromatic carbocycles. The second kappa shape index (κ2) is 11.9. The highest BCUT2D eigenvalue weighted by atomic mass is 127. The first-order valence-corrected chi connectivity index (χ1v) is 15.1. The Morgan fingerprint density at radius 3 is 2.56 bits per heavy atom. The molecule has 36 heavy (non-hydrogen) atoms. The number of alkyl halides is 2. The second-order valence-electron chi connectivity index (χ2n) is 9.08. The number of fused-ring (bicyclic) bond motifs is 1. The fourth-order valence-electron chi connectivity index (χ4n) is 4.66. The molecule has 0 saturated carbocycles. The summed E-state index contributed by atoms with van der Waals surface area (Å²) < 4.78 is 7.92. The van der Waals surface area contributed by atoms with Crippen molar-refractivity contribution in [2.75, 3.05) is 21.9 Å². The van der Waals surface area contributed by atoms with Gasteiger partial charge in [0.15, 0.2) is 0 Å². The Hall–Kier alpha value is -2.18. The number of hydrogen-bond donors (Lipinski definition) is 3. The predicted octanol–water partition coefficient (Wildman–Crippen LogP) is 5.72. The summed E-state index contributed by atoms with van der Waals surface area (Å²) in [7, 11) is 0. The minimum Gasteiger partial charge on any atom is -0.489 e. The maximum atomic E-state index is 13.2. The topological polar surface area (TPSA) is 79.0 Å². The molecule has 3 N–H and O–H groups in total. The highest BCUT2D eigenvalue weighted by Crippen LogP contribution is 2.29. The molecule has 1 saturated heterocycles. The van der Waals surface area contributed by atoms with Crippen molar-refractivity contribution in [3.63, 3.8) is 0 Å². The fourth-order valence-corrected chi connectivity index (χ4v) is 6.84. The number of nitrogens with zero attached hydrogens (tertiary/aromatic N) is 1. The van der Waals surface area contributed by atoms with Crippen LogP contribution < -0.4 is 15.4 Å².